The Bertz CT molecular complexity index is 1520. The van der Waals surface area contributed by atoms with Crippen molar-refractivity contribution >= 4 is 43.9 Å². The first-order chi connectivity index (χ1) is 21.5. The van der Waals surface area contributed by atoms with E-state index in [0.717, 1.165) is 56.3 Å². The lowest BCUT2D eigenvalue weighted by Gasteiger charge is -2.41. The number of sulfone groups is 1. The highest BCUT2D eigenvalue weighted by atomic mass is 35.5. The van der Waals surface area contributed by atoms with Crippen LogP contribution in [0, 0.1) is 6.92 Å². The molecule has 2 aromatic rings. The van der Waals surface area contributed by atoms with E-state index in [1.807, 2.05) is 0 Å². The van der Waals surface area contributed by atoms with Crippen LogP contribution in [-0.2, 0) is 9.84 Å². The molecule has 11 nitrogen and oxygen atoms in total. The minimum Gasteiger partial charge on any atom is -0.488 e. The van der Waals surface area contributed by atoms with Crippen molar-refractivity contribution in [2.45, 2.75) is 88.7 Å². The van der Waals surface area contributed by atoms with E-state index in [0.29, 0.717) is 29.3 Å². The summed E-state index contributed by atoms with van der Waals surface area (Å²) in [7, 11) is 0.405. The van der Waals surface area contributed by atoms with Gasteiger partial charge in [-0.15, -0.1) is 0 Å². The van der Waals surface area contributed by atoms with Crippen molar-refractivity contribution in [3.05, 3.63) is 34.5 Å². The fourth-order valence-electron chi connectivity index (χ4n) is 6.68. The number of hydrogen-bond donors (Lipinski definition) is 2. The number of hydrogen-bond acceptors (Lipinski definition) is 11. The second kappa shape index (κ2) is 13.2. The lowest BCUT2D eigenvalue weighted by Crippen LogP contribution is -2.46. The third-order valence-corrected chi connectivity index (χ3v) is 12.1. The van der Waals surface area contributed by atoms with Crippen LogP contribution < -0.4 is 15.4 Å². The molecule has 0 amide bonds. The number of likely N-dealkylation sites (N-methyl/N-ethyl adjacent to an activating group) is 1. The molecule has 0 spiro atoms. The highest BCUT2D eigenvalue weighted by Gasteiger charge is 2.37. The number of hydrazone groups is 1. The SMILES string of the molecule is Cc1cc(Nc2ncc(Cl)c(NC3CN(C)N=C3S(=O)(=O)C(C)C)n2)c(OC2CC2)cc1C1CCN(C2CCN(C)CC2)CC1. The number of nitrogens with one attached hydrogen (secondary N) is 2. The zero-order valence-electron chi connectivity index (χ0n) is 27.1. The Balaban J connectivity index is 1.18. The summed E-state index contributed by atoms with van der Waals surface area (Å²) in [6, 6.07) is 4.52. The van der Waals surface area contributed by atoms with Crippen molar-refractivity contribution in [1.82, 2.24) is 24.8 Å². The second-order valence-electron chi connectivity index (χ2n) is 13.5. The van der Waals surface area contributed by atoms with Gasteiger partial charge in [0.1, 0.15) is 16.8 Å². The van der Waals surface area contributed by atoms with Crippen molar-refractivity contribution in [3.8, 4) is 5.75 Å². The zero-order valence-corrected chi connectivity index (χ0v) is 28.7. The monoisotopic (exact) mass is 658 g/mol. The predicted octanol–water partition coefficient (Wildman–Crippen LogP) is 4.86. The van der Waals surface area contributed by atoms with E-state index in [1.165, 1.54) is 43.3 Å². The molecule has 45 heavy (non-hydrogen) atoms. The van der Waals surface area contributed by atoms with Gasteiger partial charge in [0.15, 0.2) is 20.7 Å². The van der Waals surface area contributed by atoms with Crippen LogP contribution in [0.1, 0.15) is 69.4 Å². The average Bonchev–Trinajstić information content (AvgIpc) is 3.75. The Morgan fingerprint density at radius 1 is 1.02 bits per heavy atom. The number of rotatable bonds is 9. The number of likely N-dealkylation sites (tertiary alicyclic amines) is 2. The highest BCUT2D eigenvalue weighted by molar-refractivity contribution is 8.07. The molecule has 1 unspecified atom stereocenters. The van der Waals surface area contributed by atoms with Crippen LogP contribution in [0.2, 0.25) is 5.02 Å². The van der Waals surface area contributed by atoms with Gasteiger partial charge >= 0.3 is 0 Å². The minimum absolute atomic E-state index is 0.0905. The number of ether oxygens (including phenoxy) is 1. The summed E-state index contributed by atoms with van der Waals surface area (Å²) in [5.74, 6) is 2.01. The summed E-state index contributed by atoms with van der Waals surface area (Å²) in [5.41, 5.74) is 3.40. The summed E-state index contributed by atoms with van der Waals surface area (Å²) in [5, 5.41) is 12.3. The Labute approximate surface area is 272 Å². The Morgan fingerprint density at radius 3 is 2.40 bits per heavy atom. The van der Waals surface area contributed by atoms with E-state index < -0.39 is 21.1 Å². The topological polar surface area (TPSA) is 115 Å². The number of aromatic nitrogens is 2. The van der Waals surface area contributed by atoms with E-state index in [4.69, 9.17) is 16.3 Å². The Morgan fingerprint density at radius 2 is 1.73 bits per heavy atom. The lowest BCUT2D eigenvalue weighted by molar-refractivity contribution is 0.0965. The molecule has 2 N–H and O–H groups in total. The molecule has 246 valence electrons. The normalized spacial score (nSPS) is 22.6. The summed E-state index contributed by atoms with van der Waals surface area (Å²) in [4.78, 5) is 14.3. The van der Waals surface area contributed by atoms with Gasteiger partial charge in [0.25, 0.3) is 0 Å². The molecule has 6 rings (SSSR count). The van der Waals surface area contributed by atoms with Gasteiger partial charge < -0.3 is 25.2 Å². The largest absolute Gasteiger partial charge is 0.488 e. The average molecular weight is 659 g/mol. The number of anilines is 3. The summed E-state index contributed by atoms with van der Waals surface area (Å²) < 4.78 is 32.4. The minimum atomic E-state index is -3.57. The van der Waals surface area contributed by atoms with Gasteiger partial charge in [-0.3, -0.25) is 5.01 Å². The highest BCUT2D eigenvalue weighted by Crippen LogP contribution is 2.40. The van der Waals surface area contributed by atoms with Gasteiger partial charge in [0.2, 0.25) is 5.95 Å². The van der Waals surface area contributed by atoms with Crippen LogP contribution in [0.4, 0.5) is 17.5 Å². The van der Waals surface area contributed by atoms with Gasteiger partial charge in [0.05, 0.1) is 29.8 Å². The maximum Gasteiger partial charge on any atom is 0.229 e. The predicted molar refractivity (Wildman–Crippen MR) is 181 cm³/mol. The molecular weight excluding hydrogens is 612 g/mol. The zero-order chi connectivity index (χ0) is 31.9. The molecule has 1 aliphatic carbocycles. The van der Waals surface area contributed by atoms with Gasteiger partial charge in [0, 0.05) is 13.1 Å². The number of nitrogens with zero attached hydrogens (tertiary/aromatic N) is 6. The summed E-state index contributed by atoms with van der Waals surface area (Å²) in [6.07, 6.45) is 8.73. The molecule has 1 aromatic carbocycles. The van der Waals surface area contributed by atoms with E-state index >= 15 is 0 Å². The van der Waals surface area contributed by atoms with Gasteiger partial charge in [-0.1, -0.05) is 11.6 Å². The first-order valence-corrected chi connectivity index (χ1v) is 18.2. The summed E-state index contributed by atoms with van der Waals surface area (Å²) in [6.45, 7) is 10.5. The first kappa shape index (κ1) is 32.3. The quantitative estimate of drug-likeness (QED) is 0.387. The molecule has 2 saturated heterocycles. The number of halogens is 1. The third kappa shape index (κ3) is 7.34. The molecule has 0 radical (unpaired) electrons. The second-order valence-corrected chi connectivity index (χ2v) is 16.3. The molecule has 1 atom stereocenters. The van der Waals surface area contributed by atoms with Crippen LogP contribution in [0.25, 0.3) is 0 Å². The van der Waals surface area contributed by atoms with Crippen molar-refractivity contribution in [2.75, 3.05) is 57.5 Å². The van der Waals surface area contributed by atoms with Crippen molar-refractivity contribution in [3.63, 3.8) is 0 Å². The number of aryl methyl sites for hydroxylation is 1. The van der Waals surface area contributed by atoms with E-state index in [9.17, 15) is 8.42 Å². The fourth-order valence-corrected chi connectivity index (χ4v) is 8.09. The van der Waals surface area contributed by atoms with Gasteiger partial charge in [-0.05, 0) is 122 Å². The Hall–Kier alpha value is -2.67. The van der Waals surface area contributed by atoms with Crippen molar-refractivity contribution < 1.29 is 13.2 Å². The Kier molecular flexibility index (Phi) is 9.48. The number of benzene rings is 1. The summed E-state index contributed by atoms with van der Waals surface area (Å²) >= 11 is 6.50. The van der Waals surface area contributed by atoms with Crippen molar-refractivity contribution in [2.24, 2.45) is 5.10 Å². The van der Waals surface area contributed by atoms with E-state index in [-0.39, 0.29) is 11.1 Å². The van der Waals surface area contributed by atoms with E-state index in [1.54, 1.807) is 25.9 Å². The molecule has 4 aliphatic rings. The molecule has 4 heterocycles. The third-order valence-electron chi connectivity index (χ3n) is 9.59. The first-order valence-electron chi connectivity index (χ1n) is 16.3. The molecule has 0 bridgehead atoms. The molecule has 13 heteroatoms. The van der Waals surface area contributed by atoms with Crippen LogP contribution in [0.15, 0.2) is 23.4 Å². The maximum absolute atomic E-state index is 13.0. The fraction of sp³-hybridized carbons (Fsp3) is 0.656. The standard InChI is InChI=1S/C32H47ClN8O3S/c1-20(2)45(42,43)31-28(19-40(5)38-31)35-30-26(33)18-34-32(37-30)36-27-16-21(3)25(17-29(27)44-24-6-7-24)22-8-14-41(15-9-22)23-10-12-39(4)13-11-23/h16-18,20,22-24,28H,6-15,19H2,1-5H3,(H2,34,35,36,37). The smallest absolute Gasteiger partial charge is 0.229 e. The molecule has 1 saturated carbocycles. The van der Waals surface area contributed by atoms with Crippen LogP contribution in [0.3, 0.4) is 0 Å². The molecule has 1 aromatic heterocycles. The number of piperidine rings is 2. The molecule has 3 aliphatic heterocycles. The van der Waals surface area contributed by atoms with Crippen LogP contribution >= 0.6 is 11.6 Å². The van der Waals surface area contributed by atoms with Gasteiger partial charge in [-0.25, -0.2) is 13.4 Å². The molecular formula is C32H47ClN8O3S. The van der Waals surface area contributed by atoms with Gasteiger partial charge in [-0.2, -0.15) is 10.1 Å². The molecule has 3 fully saturated rings. The van der Waals surface area contributed by atoms with Crippen LogP contribution in [0.5, 0.6) is 5.75 Å². The van der Waals surface area contributed by atoms with E-state index in [2.05, 4.69) is 61.6 Å². The lowest BCUT2D eigenvalue weighted by atomic mass is 9.85. The van der Waals surface area contributed by atoms with Crippen LogP contribution in [-0.4, -0.2) is 108 Å². The van der Waals surface area contributed by atoms with Crippen molar-refractivity contribution in [1.29, 1.82) is 0 Å². The maximum atomic E-state index is 13.0.